The largest absolute Gasteiger partial charge is 0.355 e. The lowest BCUT2D eigenvalue weighted by Crippen LogP contribution is -2.38. The highest BCUT2D eigenvalue weighted by Gasteiger charge is 2.30. The van der Waals surface area contributed by atoms with Gasteiger partial charge in [0.2, 0.25) is 15.9 Å². The molecule has 0 spiro atoms. The van der Waals surface area contributed by atoms with Crippen LogP contribution in [0.2, 0.25) is 0 Å². The van der Waals surface area contributed by atoms with Crippen molar-refractivity contribution >= 4 is 43.6 Å². The lowest BCUT2D eigenvalue weighted by molar-refractivity contribution is -0.118. The number of nitrogens with one attached hydrogen (secondary N) is 2. The second-order valence-corrected chi connectivity index (χ2v) is 9.99. The van der Waals surface area contributed by atoms with Gasteiger partial charge in [-0.25, -0.2) is 18.2 Å². The van der Waals surface area contributed by atoms with Crippen LogP contribution in [0.15, 0.2) is 28.9 Å². The number of aromatic nitrogens is 2. The summed E-state index contributed by atoms with van der Waals surface area (Å²) in [6, 6.07) is 4.81. The summed E-state index contributed by atoms with van der Waals surface area (Å²) in [5.74, 6) is 0.438. The van der Waals surface area contributed by atoms with Crippen LogP contribution in [0, 0.1) is 0 Å². The van der Waals surface area contributed by atoms with Crippen molar-refractivity contribution < 1.29 is 18.0 Å². The summed E-state index contributed by atoms with van der Waals surface area (Å²) in [4.78, 5) is 28.4. The van der Waals surface area contributed by atoms with Crippen molar-refractivity contribution in [3.8, 4) is 11.4 Å². The number of halogens is 1. The van der Waals surface area contributed by atoms with E-state index in [0.29, 0.717) is 27.5 Å². The lowest BCUT2D eigenvalue weighted by Gasteiger charge is -2.25. The Bertz CT molecular complexity index is 1080. The van der Waals surface area contributed by atoms with Crippen LogP contribution in [-0.2, 0) is 14.8 Å². The first-order chi connectivity index (χ1) is 14.1. The normalized spacial score (nSPS) is 13.7. The van der Waals surface area contributed by atoms with E-state index in [9.17, 15) is 18.0 Å². The van der Waals surface area contributed by atoms with E-state index in [1.165, 1.54) is 22.8 Å². The first-order valence-electron chi connectivity index (χ1n) is 9.45. The van der Waals surface area contributed by atoms with Gasteiger partial charge < -0.3 is 10.6 Å². The molecule has 0 saturated heterocycles. The molecule has 0 aliphatic heterocycles. The van der Waals surface area contributed by atoms with Gasteiger partial charge in [0.25, 0.3) is 0 Å². The number of benzene rings is 1. The Morgan fingerprint density at radius 2 is 2.03 bits per heavy atom. The minimum absolute atomic E-state index is 0.0397. The molecule has 0 radical (unpaired) electrons. The summed E-state index contributed by atoms with van der Waals surface area (Å²) in [7, 11) is -2.15. The molecule has 1 aliphatic rings. The number of nitrogens with zero attached hydrogens (tertiary/aromatic N) is 3. The fraction of sp³-hybridized carbons (Fsp3) is 0.421. The zero-order valence-corrected chi connectivity index (χ0v) is 19.4. The number of sulfonamides is 1. The third kappa shape index (κ3) is 5.01. The summed E-state index contributed by atoms with van der Waals surface area (Å²) in [6.07, 6.45) is 4.85. The number of hydrogen-bond donors (Lipinski definition) is 2. The SMILES string of the molecule is CNC(=O)n1cc(C2CC2)nc1-c1ccc(Br)cc1N(CCNC(C)=O)S(C)(=O)=O. The van der Waals surface area contributed by atoms with Crippen molar-refractivity contribution in [1.29, 1.82) is 0 Å². The van der Waals surface area contributed by atoms with E-state index in [4.69, 9.17) is 0 Å². The summed E-state index contributed by atoms with van der Waals surface area (Å²) >= 11 is 3.40. The van der Waals surface area contributed by atoms with Crippen LogP contribution in [0.5, 0.6) is 0 Å². The number of imidazole rings is 1. The fourth-order valence-corrected chi connectivity index (χ4v) is 4.42. The van der Waals surface area contributed by atoms with Crippen molar-refractivity contribution in [3.05, 3.63) is 34.6 Å². The molecule has 0 bridgehead atoms. The van der Waals surface area contributed by atoms with E-state index in [0.717, 1.165) is 24.8 Å². The molecular formula is C19H24BrN5O4S. The van der Waals surface area contributed by atoms with Crippen LogP contribution >= 0.6 is 15.9 Å². The molecule has 2 N–H and O–H groups in total. The number of amides is 2. The maximum Gasteiger partial charge on any atom is 0.327 e. The van der Waals surface area contributed by atoms with Gasteiger partial charge in [0.1, 0.15) is 0 Å². The van der Waals surface area contributed by atoms with Gasteiger partial charge in [0.05, 0.1) is 24.2 Å². The molecule has 1 aromatic heterocycles. The molecule has 2 aromatic rings. The van der Waals surface area contributed by atoms with Crippen molar-refractivity contribution in [2.45, 2.75) is 25.7 Å². The molecule has 1 aliphatic carbocycles. The lowest BCUT2D eigenvalue weighted by atomic mass is 10.1. The first kappa shape index (κ1) is 22.3. The molecule has 1 fully saturated rings. The Balaban J connectivity index is 2.13. The molecule has 9 nitrogen and oxygen atoms in total. The van der Waals surface area contributed by atoms with Crippen molar-refractivity contribution in [1.82, 2.24) is 20.2 Å². The van der Waals surface area contributed by atoms with Gasteiger partial charge in [-0.1, -0.05) is 15.9 Å². The maximum atomic E-state index is 12.6. The number of anilines is 1. The molecule has 1 aromatic carbocycles. The molecule has 0 atom stereocenters. The van der Waals surface area contributed by atoms with Gasteiger partial charge in [0, 0.05) is 42.7 Å². The molecule has 1 saturated carbocycles. The third-order valence-corrected chi connectivity index (χ3v) is 6.38. The molecule has 30 heavy (non-hydrogen) atoms. The average Bonchev–Trinajstić information content (AvgIpc) is 3.42. The van der Waals surface area contributed by atoms with Gasteiger partial charge >= 0.3 is 6.03 Å². The van der Waals surface area contributed by atoms with E-state index in [1.54, 1.807) is 24.4 Å². The Morgan fingerprint density at radius 1 is 1.33 bits per heavy atom. The first-order valence-corrected chi connectivity index (χ1v) is 12.1. The summed E-state index contributed by atoms with van der Waals surface area (Å²) in [6.45, 7) is 1.55. The van der Waals surface area contributed by atoms with Crippen molar-refractivity contribution in [2.75, 3.05) is 30.7 Å². The highest BCUT2D eigenvalue weighted by molar-refractivity contribution is 9.10. The van der Waals surface area contributed by atoms with Crippen LogP contribution in [0.4, 0.5) is 10.5 Å². The Labute approximate surface area is 184 Å². The smallest absolute Gasteiger partial charge is 0.327 e. The highest BCUT2D eigenvalue weighted by atomic mass is 79.9. The van der Waals surface area contributed by atoms with Gasteiger partial charge in [-0.3, -0.25) is 13.7 Å². The average molecular weight is 498 g/mol. The quantitative estimate of drug-likeness (QED) is 0.608. The molecular weight excluding hydrogens is 474 g/mol. The molecule has 2 amide bonds. The highest BCUT2D eigenvalue weighted by Crippen LogP contribution is 2.41. The second-order valence-electron chi connectivity index (χ2n) is 7.17. The van der Waals surface area contributed by atoms with Crippen molar-refractivity contribution in [3.63, 3.8) is 0 Å². The van der Waals surface area contributed by atoms with Gasteiger partial charge in [0.15, 0.2) is 5.82 Å². The predicted molar refractivity (Wildman–Crippen MR) is 118 cm³/mol. The maximum absolute atomic E-state index is 12.6. The Morgan fingerprint density at radius 3 is 2.60 bits per heavy atom. The zero-order chi connectivity index (χ0) is 22.1. The Hall–Kier alpha value is -2.40. The van der Waals surface area contributed by atoms with E-state index in [-0.39, 0.29) is 25.0 Å². The third-order valence-electron chi connectivity index (χ3n) is 4.71. The summed E-state index contributed by atoms with van der Waals surface area (Å²) in [5, 5.41) is 5.21. The van der Waals surface area contributed by atoms with E-state index in [2.05, 4.69) is 31.5 Å². The van der Waals surface area contributed by atoms with Crippen molar-refractivity contribution in [2.24, 2.45) is 0 Å². The second kappa shape index (κ2) is 8.76. The number of rotatable bonds is 7. The number of hydrogen-bond acceptors (Lipinski definition) is 5. The van der Waals surface area contributed by atoms with Gasteiger partial charge in [-0.05, 0) is 31.0 Å². The molecule has 11 heteroatoms. The summed E-state index contributed by atoms with van der Waals surface area (Å²) in [5.41, 5.74) is 1.68. The minimum atomic E-state index is -3.68. The van der Waals surface area contributed by atoms with E-state index in [1.807, 2.05) is 0 Å². The van der Waals surface area contributed by atoms with Crippen LogP contribution in [0.25, 0.3) is 11.4 Å². The van der Waals surface area contributed by atoms with E-state index < -0.39 is 10.0 Å². The predicted octanol–water partition coefficient (Wildman–Crippen LogP) is 2.28. The number of carbonyl (C=O) groups is 2. The Kier molecular flexibility index (Phi) is 6.51. The molecule has 0 unspecified atom stereocenters. The van der Waals surface area contributed by atoms with Gasteiger partial charge in [-0.15, -0.1) is 0 Å². The summed E-state index contributed by atoms with van der Waals surface area (Å²) < 4.78 is 28.5. The standard InChI is InChI=1S/C19H24BrN5O4S/c1-12(26)22-8-9-25(30(3,28)29)17-10-14(20)6-7-15(17)18-23-16(13-4-5-13)11-24(18)19(27)21-2/h6-7,10-11,13H,4-5,8-9H2,1-3H3,(H,21,27)(H,22,26). The van der Waals surface area contributed by atoms with Crippen LogP contribution < -0.4 is 14.9 Å². The fourth-order valence-electron chi connectivity index (χ4n) is 3.14. The van der Waals surface area contributed by atoms with Crippen LogP contribution in [0.3, 0.4) is 0 Å². The topological polar surface area (TPSA) is 113 Å². The van der Waals surface area contributed by atoms with Gasteiger partial charge in [-0.2, -0.15) is 0 Å². The molecule has 162 valence electrons. The molecule has 3 rings (SSSR count). The minimum Gasteiger partial charge on any atom is -0.355 e. The monoisotopic (exact) mass is 497 g/mol. The molecule has 1 heterocycles. The van der Waals surface area contributed by atoms with E-state index >= 15 is 0 Å². The van der Waals surface area contributed by atoms with Crippen LogP contribution in [-0.4, -0.2) is 56.3 Å². The zero-order valence-electron chi connectivity index (χ0n) is 17.0. The number of carbonyl (C=O) groups excluding carboxylic acids is 2. The van der Waals surface area contributed by atoms with Crippen LogP contribution in [0.1, 0.15) is 31.4 Å².